The number of aromatic carboxylic acids is 1. The molecule has 0 fully saturated rings. The van der Waals surface area contributed by atoms with E-state index in [1.807, 2.05) is 24.3 Å². The number of carbonyl (C=O) groups is 1. The van der Waals surface area contributed by atoms with Crippen LogP contribution in [-0.4, -0.2) is 21.0 Å². The maximum Gasteiger partial charge on any atom is 0.337 e. The largest absolute Gasteiger partial charge is 0.478 e. The molecule has 0 amide bonds. The minimum atomic E-state index is -1.00. The summed E-state index contributed by atoms with van der Waals surface area (Å²) in [5.74, 6) is 0.681. The summed E-state index contributed by atoms with van der Waals surface area (Å²) in [5.41, 5.74) is 1.60. The Hall–Kier alpha value is -3.12. The van der Waals surface area contributed by atoms with E-state index >= 15 is 0 Å². The van der Waals surface area contributed by atoms with Gasteiger partial charge < -0.3 is 15.7 Å². The van der Waals surface area contributed by atoms with Gasteiger partial charge in [0.1, 0.15) is 17.5 Å². The number of hydrogen-bond acceptors (Lipinski definition) is 5. The van der Waals surface area contributed by atoms with Crippen LogP contribution in [0.3, 0.4) is 0 Å². The van der Waals surface area contributed by atoms with Crippen molar-refractivity contribution in [2.24, 2.45) is 0 Å². The first kappa shape index (κ1) is 17.7. The predicted molar refractivity (Wildman–Crippen MR) is 102 cm³/mol. The van der Waals surface area contributed by atoms with Crippen LogP contribution < -0.4 is 10.6 Å². The van der Waals surface area contributed by atoms with Crippen molar-refractivity contribution >= 4 is 34.9 Å². The van der Waals surface area contributed by atoms with Crippen LogP contribution in [0, 0.1) is 6.92 Å². The Morgan fingerprint density at radius 2 is 1.77 bits per heavy atom. The number of aryl methyl sites for hydroxylation is 1. The van der Waals surface area contributed by atoms with Gasteiger partial charge in [-0.15, -0.1) is 0 Å². The van der Waals surface area contributed by atoms with Crippen molar-refractivity contribution in [2.75, 3.05) is 10.6 Å². The molecular formula is C19H17ClN4O2. The summed E-state index contributed by atoms with van der Waals surface area (Å²) in [5, 5.41) is 16.2. The lowest BCUT2D eigenvalue weighted by Gasteiger charge is -2.12. The van der Waals surface area contributed by atoms with Crippen molar-refractivity contribution in [3.05, 3.63) is 76.6 Å². The summed E-state index contributed by atoms with van der Waals surface area (Å²) in [6.45, 7) is 2.29. The minimum Gasteiger partial charge on any atom is -0.478 e. The Balaban J connectivity index is 1.80. The molecule has 1 aromatic heterocycles. The van der Waals surface area contributed by atoms with E-state index in [2.05, 4.69) is 20.6 Å². The van der Waals surface area contributed by atoms with Gasteiger partial charge in [0.2, 0.25) is 0 Å². The second kappa shape index (κ2) is 7.84. The molecule has 3 rings (SSSR count). The summed E-state index contributed by atoms with van der Waals surface area (Å²) in [6, 6.07) is 16.0. The average Bonchev–Trinajstić information content (AvgIpc) is 2.61. The fourth-order valence-corrected chi connectivity index (χ4v) is 2.67. The number of carboxylic acid groups (broad SMARTS) is 1. The zero-order valence-electron chi connectivity index (χ0n) is 14.0. The molecule has 0 aliphatic carbocycles. The number of nitrogens with one attached hydrogen (secondary N) is 2. The maximum absolute atomic E-state index is 11.3. The van der Waals surface area contributed by atoms with Gasteiger partial charge in [0.25, 0.3) is 0 Å². The maximum atomic E-state index is 11.3. The van der Waals surface area contributed by atoms with E-state index in [4.69, 9.17) is 11.6 Å². The van der Waals surface area contributed by atoms with Gasteiger partial charge in [-0.25, -0.2) is 14.8 Å². The smallest absolute Gasteiger partial charge is 0.337 e. The molecule has 3 aromatic rings. The van der Waals surface area contributed by atoms with Crippen molar-refractivity contribution in [1.82, 2.24) is 9.97 Å². The molecule has 0 unspecified atom stereocenters. The lowest BCUT2D eigenvalue weighted by atomic mass is 10.2. The molecule has 0 bridgehead atoms. The second-order valence-electron chi connectivity index (χ2n) is 5.61. The van der Waals surface area contributed by atoms with E-state index in [-0.39, 0.29) is 5.56 Å². The van der Waals surface area contributed by atoms with E-state index in [9.17, 15) is 9.90 Å². The molecule has 0 aliphatic heterocycles. The number of para-hydroxylation sites is 1. The highest BCUT2D eigenvalue weighted by atomic mass is 35.5. The summed E-state index contributed by atoms with van der Waals surface area (Å²) >= 11 is 6.17. The number of benzene rings is 2. The van der Waals surface area contributed by atoms with Gasteiger partial charge >= 0.3 is 5.97 Å². The van der Waals surface area contributed by atoms with E-state index in [1.165, 1.54) is 6.07 Å². The number of anilines is 3. The van der Waals surface area contributed by atoms with Crippen molar-refractivity contribution < 1.29 is 9.90 Å². The van der Waals surface area contributed by atoms with E-state index < -0.39 is 5.97 Å². The van der Waals surface area contributed by atoms with Gasteiger partial charge in [-0.3, -0.25) is 0 Å². The number of rotatable bonds is 6. The highest BCUT2D eigenvalue weighted by molar-refractivity contribution is 6.31. The zero-order chi connectivity index (χ0) is 18.5. The lowest BCUT2D eigenvalue weighted by molar-refractivity contribution is 0.0698. The molecule has 0 spiro atoms. The van der Waals surface area contributed by atoms with Gasteiger partial charge in [0.15, 0.2) is 0 Å². The molecule has 6 nitrogen and oxygen atoms in total. The molecule has 0 atom stereocenters. The van der Waals surface area contributed by atoms with E-state index in [0.29, 0.717) is 34.7 Å². The number of hydrogen-bond donors (Lipinski definition) is 3. The summed E-state index contributed by atoms with van der Waals surface area (Å²) < 4.78 is 0. The number of aromatic nitrogens is 2. The highest BCUT2D eigenvalue weighted by Gasteiger charge is 2.10. The molecule has 3 N–H and O–H groups in total. The molecular weight excluding hydrogens is 352 g/mol. The molecule has 1 heterocycles. The zero-order valence-corrected chi connectivity index (χ0v) is 14.8. The van der Waals surface area contributed by atoms with Crippen LogP contribution >= 0.6 is 11.6 Å². The van der Waals surface area contributed by atoms with Crippen molar-refractivity contribution in [1.29, 1.82) is 0 Å². The first-order chi connectivity index (χ1) is 12.5. The lowest BCUT2D eigenvalue weighted by Crippen LogP contribution is -2.07. The third-order valence-corrected chi connectivity index (χ3v) is 4.04. The fraction of sp³-hybridized carbons (Fsp3) is 0.105. The first-order valence-electron chi connectivity index (χ1n) is 7.95. The van der Waals surface area contributed by atoms with E-state index in [1.54, 1.807) is 31.2 Å². The van der Waals surface area contributed by atoms with Crippen molar-refractivity contribution in [3.63, 3.8) is 0 Å². The van der Waals surface area contributed by atoms with E-state index in [0.717, 1.165) is 5.56 Å². The van der Waals surface area contributed by atoms with Gasteiger partial charge in [-0.1, -0.05) is 41.9 Å². The molecule has 0 aliphatic rings. The van der Waals surface area contributed by atoms with Crippen LogP contribution in [-0.2, 0) is 6.54 Å². The molecule has 0 radical (unpaired) electrons. The second-order valence-corrected chi connectivity index (χ2v) is 6.01. The summed E-state index contributed by atoms with van der Waals surface area (Å²) in [6.07, 6.45) is 0. The van der Waals surface area contributed by atoms with Crippen LogP contribution in [0.1, 0.15) is 21.7 Å². The Kier molecular flexibility index (Phi) is 5.34. The minimum absolute atomic E-state index is 0.175. The normalized spacial score (nSPS) is 10.4. The Morgan fingerprint density at radius 3 is 2.54 bits per heavy atom. The third kappa shape index (κ3) is 4.29. The van der Waals surface area contributed by atoms with Gasteiger partial charge in [0.05, 0.1) is 11.3 Å². The molecule has 26 heavy (non-hydrogen) atoms. The molecule has 7 heteroatoms. The molecule has 0 saturated carbocycles. The highest BCUT2D eigenvalue weighted by Crippen LogP contribution is 2.22. The van der Waals surface area contributed by atoms with Crippen LogP contribution in [0.4, 0.5) is 17.3 Å². The fourth-order valence-electron chi connectivity index (χ4n) is 2.47. The molecule has 132 valence electrons. The van der Waals surface area contributed by atoms with Crippen LogP contribution in [0.25, 0.3) is 0 Å². The van der Waals surface area contributed by atoms with Gasteiger partial charge in [-0.05, 0) is 30.7 Å². The number of nitrogens with zero attached hydrogens (tertiary/aromatic N) is 2. The summed E-state index contributed by atoms with van der Waals surface area (Å²) in [4.78, 5) is 20.0. The van der Waals surface area contributed by atoms with Crippen LogP contribution in [0.2, 0.25) is 5.02 Å². The Bertz CT molecular complexity index is 946. The van der Waals surface area contributed by atoms with Crippen molar-refractivity contribution in [2.45, 2.75) is 13.5 Å². The van der Waals surface area contributed by atoms with Crippen LogP contribution in [0.5, 0.6) is 0 Å². The third-order valence-electron chi connectivity index (χ3n) is 3.68. The SMILES string of the molecule is Cc1nc(NCc2ccccc2Cl)cc(Nc2ccccc2C(=O)O)n1. The summed E-state index contributed by atoms with van der Waals surface area (Å²) in [7, 11) is 0. The predicted octanol–water partition coefficient (Wildman–Crippen LogP) is 4.49. The molecule has 2 aromatic carbocycles. The average molecular weight is 369 g/mol. The Labute approximate surface area is 155 Å². The number of carboxylic acids is 1. The van der Waals surface area contributed by atoms with Crippen molar-refractivity contribution in [3.8, 4) is 0 Å². The standard InChI is InChI=1S/C19H17ClN4O2/c1-12-22-17(21-11-13-6-2-4-8-15(13)20)10-18(23-12)24-16-9-5-3-7-14(16)19(25)26/h2-10H,11H2,1H3,(H,25,26)(H2,21,22,23,24). The first-order valence-corrected chi connectivity index (χ1v) is 8.33. The van der Waals surface area contributed by atoms with Gasteiger partial charge in [-0.2, -0.15) is 0 Å². The monoisotopic (exact) mass is 368 g/mol. The van der Waals surface area contributed by atoms with Gasteiger partial charge in [0, 0.05) is 17.6 Å². The van der Waals surface area contributed by atoms with Crippen LogP contribution in [0.15, 0.2) is 54.6 Å². The quantitative estimate of drug-likeness (QED) is 0.594. The Morgan fingerprint density at radius 1 is 1.08 bits per heavy atom. The molecule has 0 saturated heterocycles. The topological polar surface area (TPSA) is 87.1 Å². The number of halogens is 1.